The van der Waals surface area contributed by atoms with Crippen molar-refractivity contribution in [2.45, 2.75) is 32.6 Å². The van der Waals surface area contributed by atoms with Gasteiger partial charge in [-0.05, 0) is 30.9 Å². The summed E-state index contributed by atoms with van der Waals surface area (Å²) in [4.78, 5) is 26.4. The minimum Gasteiger partial charge on any atom is -0.356 e. The Bertz CT molecular complexity index is 555. The number of hydrogen-bond acceptors (Lipinski definition) is 2. The van der Waals surface area contributed by atoms with Crippen LogP contribution in [0.25, 0.3) is 0 Å². The van der Waals surface area contributed by atoms with Crippen LogP contribution in [0, 0.1) is 11.8 Å². The Morgan fingerprint density at radius 2 is 2.10 bits per heavy atom. The van der Waals surface area contributed by atoms with E-state index < -0.39 is 0 Å². The molecule has 0 saturated heterocycles. The van der Waals surface area contributed by atoms with E-state index in [0.717, 1.165) is 38.0 Å². The Hall–Kier alpha value is -1.84. The summed E-state index contributed by atoms with van der Waals surface area (Å²) < 4.78 is 0. The second kappa shape index (κ2) is 5.88. The van der Waals surface area contributed by atoms with E-state index in [-0.39, 0.29) is 23.7 Å². The molecule has 0 aromatic heterocycles. The van der Waals surface area contributed by atoms with Crippen LogP contribution in [0.4, 0.5) is 5.69 Å². The summed E-state index contributed by atoms with van der Waals surface area (Å²) in [5.41, 5.74) is 2.26. The molecule has 1 N–H and O–H groups in total. The van der Waals surface area contributed by atoms with Gasteiger partial charge in [-0.3, -0.25) is 9.59 Å². The Morgan fingerprint density at radius 1 is 1.29 bits per heavy atom. The van der Waals surface area contributed by atoms with Crippen LogP contribution in [0.1, 0.15) is 31.7 Å². The molecule has 1 fully saturated rings. The summed E-state index contributed by atoms with van der Waals surface area (Å²) in [6.45, 7) is 3.57. The molecule has 1 heterocycles. The molecule has 4 heteroatoms. The third kappa shape index (κ3) is 2.80. The summed E-state index contributed by atoms with van der Waals surface area (Å²) in [6.07, 6.45) is 3.69. The predicted molar refractivity (Wildman–Crippen MR) is 82.0 cm³/mol. The molecule has 0 radical (unpaired) electrons. The van der Waals surface area contributed by atoms with Gasteiger partial charge in [0.25, 0.3) is 0 Å². The predicted octanol–water partition coefficient (Wildman–Crippen LogP) is 2.13. The van der Waals surface area contributed by atoms with Crippen LogP contribution >= 0.6 is 0 Å². The van der Waals surface area contributed by atoms with Crippen molar-refractivity contribution >= 4 is 17.5 Å². The lowest BCUT2D eigenvalue weighted by Gasteiger charge is -2.17. The van der Waals surface area contributed by atoms with Crippen molar-refractivity contribution in [2.75, 3.05) is 18.0 Å². The first kappa shape index (κ1) is 14.1. The lowest BCUT2D eigenvalue weighted by atomic mass is 10.2. The largest absolute Gasteiger partial charge is 0.356 e. The van der Waals surface area contributed by atoms with Crippen molar-refractivity contribution in [3.05, 3.63) is 29.8 Å². The van der Waals surface area contributed by atoms with E-state index in [4.69, 9.17) is 0 Å². The van der Waals surface area contributed by atoms with Crippen molar-refractivity contribution in [1.82, 2.24) is 5.32 Å². The van der Waals surface area contributed by atoms with Crippen LogP contribution in [0.3, 0.4) is 0 Å². The number of nitrogens with zero attached hydrogens (tertiary/aromatic N) is 1. The molecule has 0 spiro atoms. The first-order valence-corrected chi connectivity index (χ1v) is 7.89. The number of hydrogen-bond donors (Lipinski definition) is 1. The van der Waals surface area contributed by atoms with Crippen molar-refractivity contribution in [3.8, 4) is 0 Å². The zero-order chi connectivity index (χ0) is 14.8. The summed E-state index contributed by atoms with van der Waals surface area (Å²) in [5.74, 6) is -0.0511. The molecule has 1 saturated carbocycles. The summed E-state index contributed by atoms with van der Waals surface area (Å²) >= 11 is 0. The molecule has 2 amide bonds. The molecule has 1 aliphatic heterocycles. The Labute approximate surface area is 125 Å². The fraction of sp³-hybridized carbons (Fsp3) is 0.529. The highest BCUT2D eigenvalue weighted by Gasteiger charge is 2.50. The quantitative estimate of drug-likeness (QED) is 0.843. The molecule has 112 valence electrons. The first-order chi connectivity index (χ1) is 10.2. The number of amides is 2. The van der Waals surface area contributed by atoms with Gasteiger partial charge in [-0.25, -0.2) is 0 Å². The SMILES string of the molecule is CCCCNC(=O)C1CC1C(=O)N1CCc2ccccc21. The molecule has 1 aromatic carbocycles. The molecular formula is C17H22N2O2. The van der Waals surface area contributed by atoms with E-state index >= 15 is 0 Å². The van der Waals surface area contributed by atoms with E-state index in [9.17, 15) is 9.59 Å². The van der Waals surface area contributed by atoms with E-state index in [2.05, 4.69) is 18.3 Å². The van der Waals surface area contributed by atoms with Crippen LogP contribution in [-0.2, 0) is 16.0 Å². The molecule has 2 atom stereocenters. The molecular weight excluding hydrogens is 264 g/mol. The highest BCUT2D eigenvalue weighted by molar-refractivity contribution is 6.02. The Balaban J connectivity index is 1.58. The smallest absolute Gasteiger partial charge is 0.230 e. The zero-order valence-electron chi connectivity index (χ0n) is 12.5. The third-order valence-corrected chi connectivity index (χ3v) is 4.43. The van der Waals surface area contributed by atoms with Gasteiger partial charge in [0.05, 0.1) is 11.8 Å². The van der Waals surface area contributed by atoms with Gasteiger partial charge in [-0.2, -0.15) is 0 Å². The van der Waals surface area contributed by atoms with Crippen molar-refractivity contribution < 1.29 is 9.59 Å². The standard InChI is InChI=1S/C17H22N2O2/c1-2-3-9-18-16(20)13-11-14(13)17(21)19-10-8-12-6-4-5-7-15(12)19/h4-7,13-14H,2-3,8-11H2,1H3,(H,18,20). The Kier molecular flexibility index (Phi) is 3.95. The number of rotatable bonds is 5. The van der Waals surface area contributed by atoms with E-state index in [1.807, 2.05) is 23.1 Å². The second-order valence-electron chi connectivity index (χ2n) is 5.96. The molecule has 1 aliphatic carbocycles. The van der Waals surface area contributed by atoms with Gasteiger partial charge in [0.2, 0.25) is 11.8 Å². The minimum absolute atomic E-state index is 0.0503. The van der Waals surface area contributed by atoms with Gasteiger partial charge in [0, 0.05) is 18.8 Å². The highest BCUT2D eigenvalue weighted by Crippen LogP contribution is 2.42. The maximum atomic E-state index is 12.6. The van der Waals surface area contributed by atoms with E-state index in [1.165, 1.54) is 5.56 Å². The number of carbonyl (C=O) groups is 2. The highest BCUT2D eigenvalue weighted by atomic mass is 16.2. The summed E-state index contributed by atoms with van der Waals surface area (Å²) in [6, 6.07) is 8.05. The maximum absolute atomic E-state index is 12.6. The number of nitrogens with one attached hydrogen (secondary N) is 1. The monoisotopic (exact) mass is 286 g/mol. The number of unbranched alkanes of at least 4 members (excludes halogenated alkanes) is 1. The van der Waals surface area contributed by atoms with Crippen LogP contribution in [0.2, 0.25) is 0 Å². The lowest BCUT2D eigenvalue weighted by molar-refractivity contribution is -0.126. The molecule has 0 bridgehead atoms. The zero-order valence-corrected chi connectivity index (χ0v) is 12.5. The van der Waals surface area contributed by atoms with Gasteiger partial charge in [-0.15, -0.1) is 0 Å². The first-order valence-electron chi connectivity index (χ1n) is 7.89. The minimum atomic E-state index is -0.113. The van der Waals surface area contributed by atoms with Gasteiger partial charge < -0.3 is 10.2 Å². The van der Waals surface area contributed by atoms with Gasteiger partial charge in [0.15, 0.2) is 0 Å². The van der Waals surface area contributed by atoms with Crippen molar-refractivity contribution in [2.24, 2.45) is 11.8 Å². The molecule has 2 aliphatic rings. The molecule has 3 rings (SSSR count). The number of anilines is 1. The van der Waals surface area contributed by atoms with E-state index in [0.29, 0.717) is 6.42 Å². The second-order valence-corrected chi connectivity index (χ2v) is 5.96. The average molecular weight is 286 g/mol. The van der Waals surface area contributed by atoms with Gasteiger partial charge in [0.1, 0.15) is 0 Å². The van der Waals surface area contributed by atoms with Crippen molar-refractivity contribution in [3.63, 3.8) is 0 Å². The van der Waals surface area contributed by atoms with Crippen LogP contribution in [0.15, 0.2) is 24.3 Å². The lowest BCUT2D eigenvalue weighted by Crippen LogP contribution is -2.33. The van der Waals surface area contributed by atoms with Crippen LogP contribution < -0.4 is 10.2 Å². The average Bonchev–Trinajstić information content (AvgIpc) is 3.19. The molecule has 1 aromatic rings. The summed E-state index contributed by atoms with van der Waals surface area (Å²) in [5, 5.41) is 2.93. The fourth-order valence-corrected chi connectivity index (χ4v) is 3.04. The number of carbonyl (C=O) groups excluding carboxylic acids is 2. The summed E-state index contributed by atoms with van der Waals surface area (Å²) in [7, 11) is 0. The number of fused-ring (bicyclic) bond motifs is 1. The maximum Gasteiger partial charge on any atom is 0.230 e. The number of benzene rings is 1. The molecule has 2 unspecified atom stereocenters. The van der Waals surface area contributed by atoms with Gasteiger partial charge in [-0.1, -0.05) is 31.5 Å². The Morgan fingerprint density at radius 3 is 2.90 bits per heavy atom. The fourth-order valence-electron chi connectivity index (χ4n) is 3.04. The van der Waals surface area contributed by atoms with Gasteiger partial charge >= 0.3 is 0 Å². The molecule has 4 nitrogen and oxygen atoms in total. The normalized spacial score (nSPS) is 22.8. The van der Waals surface area contributed by atoms with Crippen molar-refractivity contribution in [1.29, 1.82) is 0 Å². The third-order valence-electron chi connectivity index (χ3n) is 4.43. The van der Waals surface area contributed by atoms with E-state index in [1.54, 1.807) is 0 Å². The molecule has 21 heavy (non-hydrogen) atoms. The topological polar surface area (TPSA) is 49.4 Å². The van der Waals surface area contributed by atoms with Crippen LogP contribution in [0.5, 0.6) is 0 Å². The van der Waals surface area contributed by atoms with Crippen LogP contribution in [-0.4, -0.2) is 24.9 Å². The number of para-hydroxylation sites is 1.